The predicted molar refractivity (Wildman–Crippen MR) is 77.2 cm³/mol. The normalized spacial score (nSPS) is 9.79. The van der Waals surface area contributed by atoms with E-state index < -0.39 is 0 Å². The van der Waals surface area contributed by atoms with E-state index in [0.29, 0.717) is 10.6 Å². The minimum atomic E-state index is 0.459. The molecule has 4 heteroatoms. The molecule has 0 saturated carbocycles. The third-order valence-electron chi connectivity index (χ3n) is 2.92. The molecule has 2 aromatic carbocycles. The zero-order valence-electron chi connectivity index (χ0n) is 10.7. The maximum Gasteiger partial charge on any atom is 0.119 e. The Bertz CT molecular complexity index is 617. The lowest BCUT2D eigenvalue weighted by molar-refractivity contribution is 0.415. The van der Waals surface area contributed by atoms with Crippen molar-refractivity contribution < 1.29 is 4.74 Å². The zero-order valence-corrected chi connectivity index (χ0v) is 11.5. The summed E-state index contributed by atoms with van der Waals surface area (Å²) in [5.74, 6) is 0.815. The molecule has 0 radical (unpaired) electrons. The van der Waals surface area contributed by atoms with Crippen LogP contribution in [-0.4, -0.2) is 14.2 Å². The SMILES string of the molecule is COc1ccc(N(C)c2ccc(C#N)c(Cl)c2)cc1. The van der Waals surface area contributed by atoms with Crippen LogP contribution in [0.25, 0.3) is 0 Å². The Labute approximate surface area is 117 Å². The second-order valence-corrected chi connectivity index (χ2v) is 4.44. The van der Waals surface area contributed by atoms with E-state index in [-0.39, 0.29) is 0 Å². The van der Waals surface area contributed by atoms with Crippen molar-refractivity contribution in [1.29, 1.82) is 5.26 Å². The second kappa shape index (κ2) is 5.64. The van der Waals surface area contributed by atoms with Gasteiger partial charge in [0, 0.05) is 18.4 Å². The highest BCUT2D eigenvalue weighted by Crippen LogP contribution is 2.28. The van der Waals surface area contributed by atoms with Crippen LogP contribution in [0.3, 0.4) is 0 Å². The Morgan fingerprint density at radius 2 is 1.74 bits per heavy atom. The molecule has 0 unspecified atom stereocenters. The molecule has 0 aliphatic rings. The van der Waals surface area contributed by atoms with Crippen LogP contribution in [0.4, 0.5) is 11.4 Å². The van der Waals surface area contributed by atoms with E-state index in [9.17, 15) is 0 Å². The van der Waals surface area contributed by atoms with Crippen molar-refractivity contribution in [3.8, 4) is 11.8 Å². The standard InChI is InChI=1S/C15H13ClN2O/c1-18(12-5-7-14(19-2)8-6-12)13-4-3-11(10-17)15(16)9-13/h3-9H,1-2H3. The van der Waals surface area contributed by atoms with Crippen LogP contribution >= 0.6 is 11.6 Å². The molecule has 0 N–H and O–H groups in total. The van der Waals surface area contributed by atoms with Crippen molar-refractivity contribution in [3.63, 3.8) is 0 Å². The van der Waals surface area contributed by atoms with Crippen molar-refractivity contribution in [3.05, 3.63) is 53.1 Å². The van der Waals surface area contributed by atoms with Crippen molar-refractivity contribution in [2.75, 3.05) is 19.1 Å². The van der Waals surface area contributed by atoms with Gasteiger partial charge in [0.05, 0.1) is 17.7 Å². The molecule has 0 aromatic heterocycles. The summed E-state index contributed by atoms with van der Waals surface area (Å²) in [6.45, 7) is 0. The van der Waals surface area contributed by atoms with Crippen LogP contribution in [-0.2, 0) is 0 Å². The molecule has 96 valence electrons. The molecule has 3 nitrogen and oxygen atoms in total. The number of methoxy groups -OCH3 is 1. The van der Waals surface area contributed by atoms with Crippen LogP contribution < -0.4 is 9.64 Å². The molecule has 0 fully saturated rings. The molecule has 0 spiro atoms. The molecule has 2 rings (SSSR count). The van der Waals surface area contributed by atoms with Gasteiger partial charge in [-0.05, 0) is 42.5 Å². The highest BCUT2D eigenvalue weighted by atomic mass is 35.5. The van der Waals surface area contributed by atoms with Crippen molar-refractivity contribution in [1.82, 2.24) is 0 Å². The first-order chi connectivity index (χ1) is 9.15. The lowest BCUT2D eigenvalue weighted by Crippen LogP contribution is -2.09. The topological polar surface area (TPSA) is 36.3 Å². The molecule has 19 heavy (non-hydrogen) atoms. The number of halogens is 1. The summed E-state index contributed by atoms with van der Waals surface area (Å²) in [6, 6.07) is 15.1. The smallest absolute Gasteiger partial charge is 0.119 e. The van der Waals surface area contributed by atoms with E-state index in [1.807, 2.05) is 48.3 Å². The Kier molecular flexibility index (Phi) is 3.94. The Balaban J connectivity index is 2.30. The number of benzene rings is 2. The maximum absolute atomic E-state index is 8.86. The Hall–Kier alpha value is -2.18. The van der Waals surface area contributed by atoms with Crippen molar-refractivity contribution in [2.24, 2.45) is 0 Å². The summed E-state index contributed by atoms with van der Waals surface area (Å²) >= 11 is 6.04. The van der Waals surface area contributed by atoms with Gasteiger partial charge in [-0.2, -0.15) is 5.26 Å². The van der Waals surface area contributed by atoms with Crippen LogP contribution in [0.1, 0.15) is 5.56 Å². The fourth-order valence-corrected chi connectivity index (χ4v) is 1.98. The highest BCUT2D eigenvalue weighted by molar-refractivity contribution is 6.32. The first kappa shape index (κ1) is 13.3. The molecule has 0 aliphatic carbocycles. The number of anilines is 2. The minimum absolute atomic E-state index is 0.459. The molecule has 0 heterocycles. The van der Waals surface area contributed by atoms with E-state index in [0.717, 1.165) is 17.1 Å². The largest absolute Gasteiger partial charge is 0.497 e. The fourth-order valence-electron chi connectivity index (χ4n) is 1.76. The van der Waals surface area contributed by atoms with Gasteiger partial charge in [0.2, 0.25) is 0 Å². The molecule has 0 amide bonds. The number of nitriles is 1. The first-order valence-corrected chi connectivity index (χ1v) is 6.11. The highest BCUT2D eigenvalue weighted by Gasteiger charge is 2.07. The number of hydrogen-bond acceptors (Lipinski definition) is 3. The maximum atomic E-state index is 8.86. The third-order valence-corrected chi connectivity index (χ3v) is 3.23. The summed E-state index contributed by atoms with van der Waals surface area (Å²) in [5.41, 5.74) is 2.42. The van der Waals surface area contributed by atoms with Gasteiger partial charge in [0.25, 0.3) is 0 Å². The monoisotopic (exact) mass is 272 g/mol. The van der Waals surface area contributed by atoms with Gasteiger partial charge in [-0.1, -0.05) is 11.6 Å². The summed E-state index contributed by atoms with van der Waals surface area (Å²) in [4.78, 5) is 1.99. The van der Waals surface area contributed by atoms with Crippen LogP contribution in [0.5, 0.6) is 5.75 Å². The summed E-state index contributed by atoms with van der Waals surface area (Å²) in [5, 5.41) is 9.32. The number of nitrogens with zero attached hydrogens (tertiary/aromatic N) is 2. The molecule has 0 saturated heterocycles. The summed E-state index contributed by atoms with van der Waals surface area (Å²) in [7, 11) is 3.58. The van der Waals surface area contributed by atoms with Gasteiger partial charge in [-0.25, -0.2) is 0 Å². The minimum Gasteiger partial charge on any atom is -0.497 e. The summed E-state index contributed by atoms with van der Waals surface area (Å²) in [6.07, 6.45) is 0. The van der Waals surface area contributed by atoms with E-state index in [2.05, 4.69) is 0 Å². The first-order valence-electron chi connectivity index (χ1n) is 5.73. The number of ether oxygens (including phenoxy) is 1. The quantitative estimate of drug-likeness (QED) is 0.848. The molecule has 2 aromatic rings. The fraction of sp³-hybridized carbons (Fsp3) is 0.133. The Morgan fingerprint density at radius 1 is 1.11 bits per heavy atom. The lowest BCUT2D eigenvalue weighted by Gasteiger charge is -2.20. The number of hydrogen-bond donors (Lipinski definition) is 0. The average molecular weight is 273 g/mol. The van der Waals surface area contributed by atoms with Gasteiger partial charge in [-0.15, -0.1) is 0 Å². The van der Waals surface area contributed by atoms with Gasteiger partial charge in [0.1, 0.15) is 11.8 Å². The van der Waals surface area contributed by atoms with Gasteiger partial charge in [-0.3, -0.25) is 0 Å². The van der Waals surface area contributed by atoms with E-state index in [1.54, 1.807) is 19.2 Å². The van der Waals surface area contributed by atoms with Gasteiger partial charge in [0.15, 0.2) is 0 Å². The molecular formula is C15H13ClN2O. The molecular weight excluding hydrogens is 260 g/mol. The van der Waals surface area contributed by atoms with E-state index in [1.165, 1.54) is 0 Å². The average Bonchev–Trinajstić information content (AvgIpc) is 2.46. The van der Waals surface area contributed by atoms with E-state index in [4.69, 9.17) is 21.6 Å². The lowest BCUT2D eigenvalue weighted by atomic mass is 10.2. The predicted octanol–water partition coefficient (Wildman–Crippen LogP) is 3.99. The zero-order chi connectivity index (χ0) is 13.8. The van der Waals surface area contributed by atoms with Crippen molar-refractivity contribution >= 4 is 23.0 Å². The summed E-state index contributed by atoms with van der Waals surface area (Å²) < 4.78 is 5.13. The van der Waals surface area contributed by atoms with Gasteiger partial charge >= 0.3 is 0 Å². The van der Waals surface area contributed by atoms with E-state index >= 15 is 0 Å². The second-order valence-electron chi connectivity index (χ2n) is 4.03. The van der Waals surface area contributed by atoms with Crippen LogP contribution in [0, 0.1) is 11.3 Å². The van der Waals surface area contributed by atoms with Crippen molar-refractivity contribution in [2.45, 2.75) is 0 Å². The van der Waals surface area contributed by atoms with Gasteiger partial charge < -0.3 is 9.64 Å². The Morgan fingerprint density at radius 3 is 2.26 bits per heavy atom. The molecule has 0 atom stereocenters. The van der Waals surface area contributed by atoms with Crippen LogP contribution in [0.15, 0.2) is 42.5 Å². The molecule has 0 aliphatic heterocycles. The molecule has 0 bridgehead atoms. The number of rotatable bonds is 3. The third kappa shape index (κ3) is 2.81. The van der Waals surface area contributed by atoms with Crippen LogP contribution in [0.2, 0.25) is 5.02 Å².